The molecule has 5 fully saturated rings. The van der Waals surface area contributed by atoms with E-state index in [1.165, 1.54) is 19.3 Å². The monoisotopic (exact) mass is 419 g/mol. The molecule has 1 aromatic heterocycles. The van der Waals surface area contributed by atoms with Gasteiger partial charge in [-0.05, 0) is 87.3 Å². The Balaban J connectivity index is 1.14. The lowest BCUT2D eigenvalue weighted by Gasteiger charge is -2.56. The van der Waals surface area contributed by atoms with Gasteiger partial charge in [0.1, 0.15) is 0 Å². The molecule has 0 unspecified atom stereocenters. The Morgan fingerprint density at radius 1 is 1.03 bits per heavy atom. The summed E-state index contributed by atoms with van der Waals surface area (Å²) >= 11 is 0. The minimum Gasteiger partial charge on any atom is -0.451 e. The Morgan fingerprint density at radius 3 is 2.29 bits per heavy atom. The Kier molecular flexibility index (Phi) is 4.44. The first-order chi connectivity index (χ1) is 15.1. The molecule has 162 valence electrons. The zero-order valence-corrected chi connectivity index (χ0v) is 17.8. The molecule has 0 radical (unpaired) electrons. The number of hydrogen-bond donors (Lipinski definition) is 1. The van der Waals surface area contributed by atoms with Crippen LogP contribution < -0.4 is 5.32 Å². The highest BCUT2D eigenvalue weighted by molar-refractivity contribution is 5.90. The number of aromatic nitrogens is 2. The van der Waals surface area contributed by atoms with E-state index in [1.807, 2.05) is 36.4 Å². The van der Waals surface area contributed by atoms with Crippen molar-refractivity contribution in [1.29, 1.82) is 0 Å². The normalized spacial score (nSPS) is 30.9. The minimum absolute atomic E-state index is 0.0663. The van der Waals surface area contributed by atoms with Crippen LogP contribution in [0, 0.1) is 17.8 Å². The topological polar surface area (TPSA) is 73.2 Å². The van der Waals surface area contributed by atoms with Gasteiger partial charge >= 0.3 is 5.97 Å². The van der Waals surface area contributed by atoms with Gasteiger partial charge < -0.3 is 10.1 Å². The standard InChI is InChI=1S/C25H29N3O3/c29-23(26-25-12-16-8-17(13-25)10-18(9-16)14-25)15-31-24(30)22-11-21(19-6-7-19)27-28(22)20-4-2-1-3-5-20/h1-5,11,16-19H,6-10,12-15H2,(H,26,29). The molecule has 4 bridgehead atoms. The van der Waals surface area contributed by atoms with Crippen LogP contribution in [-0.2, 0) is 9.53 Å². The fourth-order valence-electron chi connectivity index (χ4n) is 6.69. The molecular weight excluding hydrogens is 390 g/mol. The van der Waals surface area contributed by atoms with Crippen LogP contribution >= 0.6 is 0 Å². The summed E-state index contributed by atoms with van der Waals surface area (Å²) in [6.07, 6.45) is 9.46. The van der Waals surface area contributed by atoms with E-state index >= 15 is 0 Å². The molecule has 0 saturated heterocycles. The molecule has 0 atom stereocenters. The summed E-state index contributed by atoms with van der Waals surface area (Å²) in [5, 5.41) is 7.93. The highest BCUT2D eigenvalue weighted by Gasteiger charge is 2.51. The van der Waals surface area contributed by atoms with Gasteiger partial charge in [0.05, 0.1) is 11.4 Å². The largest absolute Gasteiger partial charge is 0.451 e. The molecule has 0 spiro atoms. The SMILES string of the molecule is O=C(COC(=O)c1cc(C2CC2)nn1-c1ccccc1)NC12CC3CC(CC(C3)C1)C2. The van der Waals surface area contributed by atoms with E-state index in [-0.39, 0.29) is 18.1 Å². The summed E-state index contributed by atoms with van der Waals surface area (Å²) in [6.45, 7) is -0.237. The van der Waals surface area contributed by atoms with Crippen molar-refractivity contribution >= 4 is 11.9 Å². The first kappa shape index (κ1) is 19.1. The van der Waals surface area contributed by atoms with Gasteiger partial charge in [-0.1, -0.05) is 18.2 Å². The molecule has 5 aliphatic carbocycles. The van der Waals surface area contributed by atoms with Crippen molar-refractivity contribution in [1.82, 2.24) is 15.1 Å². The number of hydrogen-bond acceptors (Lipinski definition) is 4. The summed E-state index contributed by atoms with van der Waals surface area (Å²) in [7, 11) is 0. The number of nitrogens with zero attached hydrogens (tertiary/aromatic N) is 2. The second-order valence-electron chi connectivity index (χ2n) is 10.3. The fraction of sp³-hybridized carbons (Fsp3) is 0.560. The zero-order valence-electron chi connectivity index (χ0n) is 17.8. The number of ether oxygens (including phenoxy) is 1. The van der Waals surface area contributed by atoms with Gasteiger partial charge in [-0.3, -0.25) is 4.79 Å². The zero-order chi connectivity index (χ0) is 21.0. The van der Waals surface area contributed by atoms with E-state index in [9.17, 15) is 9.59 Å². The number of carbonyl (C=O) groups excluding carboxylic acids is 2. The maximum atomic E-state index is 12.9. The van der Waals surface area contributed by atoms with Crippen LogP contribution in [0.1, 0.15) is 73.5 Å². The Labute approximate surface area is 182 Å². The Hall–Kier alpha value is -2.63. The van der Waals surface area contributed by atoms with Crippen molar-refractivity contribution in [3.8, 4) is 5.69 Å². The molecule has 0 aliphatic heterocycles. The lowest BCUT2D eigenvalue weighted by Crippen LogP contribution is -2.60. The van der Waals surface area contributed by atoms with Gasteiger partial charge in [0.2, 0.25) is 0 Å². The van der Waals surface area contributed by atoms with Crippen LogP contribution in [-0.4, -0.2) is 33.8 Å². The number of nitrogens with one attached hydrogen (secondary N) is 1. The van der Waals surface area contributed by atoms with Crippen LogP contribution in [0.25, 0.3) is 5.69 Å². The fourth-order valence-corrected chi connectivity index (χ4v) is 6.69. The number of esters is 1. The maximum absolute atomic E-state index is 12.9. The van der Waals surface area contributed by atoms with Crippen molar-refractivity contribution in [2.24, 2.45) is 17.8 Å². The molecule has 6 nitrogen and oxygen atoms in total. The van der Waals surface area contributed by atoms with E-state index in [0.29, 0.717) is 11.6 Å². The Bertz CT molecular complexity index is 973. The first-order valence-corrected chi connectivity index (χ1v) is 11.7. The van der Waals surface area contributed by atoms with Crippen LogP contribution in [0.5, 0.6) is 0 Å². The molecule has 1 amide bonds. The number of benzene rings is 1. The van der Waals surface area contributed by atoms with Crippen molar-refractivity contribution in [3.63, 3.8) is 0 Å². The Morgan fingerprint density at radius 2 is 1.68 bits per heavy atom. The maximum Gasteiger partial charge on any atom is 0.357 e. The number of carbonyl (C=O) groups is 2. The van der Waals surface area contributed by atoms with Crippen LogP contribution in [0.2, 0.25) is 0 Å². The molecule has 6 heteroatoms. The van der Waals surface area contributed by atoms with Crippen molar-refractivity contribution in [2.75, 3.05) is 6.61 Å². The summed E-state index contributed by atoms with van der Waals surface area (Å²) in [6, 6.07) is 11.4. The predicted molar refractivity (Wildman–Crippen MR) is 115 cm³/mol. The van der Waals surface area contributed by atoms with Crippen LogP contribution in [0.4, 0.5) is 0 Å². The number of para-hydroxylation sites is 1. The summed E-state index contributed by atoms with van der Waals surface area (Å²) < 4.78 is 7.11. The molecule has 1 heterocycles. The average molecular weight is 420 g/mol. The molecule has 1 N–H and O–H groups in total. The average Bonchev–Trinajstić information content (AvgIpc) is 3.49. The van der Waals surface area contributed by atoms with Gasteiger partial charge in [-0.25, -0.2) is 9.48 Å². The van der Waals surface area contributed by atoms with Gasteiger partial charge in [-0.2, -0.15) is 5.10 Å². The third-order valence-electron chi connectivity index (χ3n) is 7.71. The van der Waals surface area contributed by atoms with Gasteiger partial charge in [-0.15, -0.1) is 0 Å². The van der Waals surface area contributed by atoms with Gasteiger partial charge in [0, 0.05) is 11.5 Å². The third-order valence-corrected chi connectivity index (χ3v) is 7.71. The van der Waals surface area contributed by atoms with E-state index in [0.717, 1.165) is 61.2 Å². The molecule has 1 aromatic carbocycles. The van der Waals surface area contributed by atoms with Crippen LogP contribution in [0.3, 0.4) is 0 Å². The second kappa shape index (κ2) is 7.21. The molecule has 5 aliphatic rings. The van der Waals surface area contributed by atoms with E-state index < -0.39 is 5.97 Å². The van der Waals surface area contributed by atoms with Gasteiger partial charge in [0.25, 0.3) is 5.91 Å². The van der Waals surface area contributed by atoms with E-state index in [2.05, 4.69) is 10.4 Å². The molecule has 31 heavy (non-hydrogen) atoms. The highest BCUT2D eigenvalue weighted by Crippen LogP contribution is 2.55. The second-order valence-corrected chi connectivity index (χ2v) is 10.3. The van der Waals surface area contributed by atoms with Gasteiger partial charge in [0.15, 0.2) is 12.3 Å². The lowest BCUT2D eigenvalue weighted by atomic mass is 9.53. The quantitative estimate of drug-likeness (QED) is 0.719. The molecular formula is C25H29N3O3. The predicted octanol–water partition coefficient (Wildman–Crippen LogP) is 3.99. The first-order valence-electron chi connectivity index (χ1n) is 11.7. The molecule has 2 aromatic rings. The third kappa shape index (κ3) is 3.66. The van der Waals surface area contributed by atoms with E-state index in [1.54, 1.807) is 4.68 Å². The molecule has 7 rings (SSSR count). The van der Waals surface area contributed by atoms with E-state index in [4.69, 9.17) is 4.74 Å². The van der Waals surface area contributed by atoms with Crippen molar-refractivity contribution in [2.45, 2.75) is 62.8 Å². The van der Waals surface area contributed by atoms with Crippen molar-refractivity contribution < 1.29 is 14.3 Å². The molecule has 5 saturated carbocycles. The number of amides is 1. The number of rotatable bonds is 6. The van der Waals surface area contributed by atoms with Crippen LogP contribution in [0.15, 0.2) is 36.4 Å². The summed E-state index contributed by atoms with van der Waals surface area (Å²) in [5.41, 5.74) is 2.06. The smallest absolute Gasteiger partial charge is 0.357 e. The minimum atomic E-state index is -0.496. The highest BCUT2D eigenvalue weighted by atomic mass is 16.5. The summed E-state index contributed by atoms with van der Waals surface area (Å²) in [4.78, 5) is 25.6. The summed E-state index contributed by atoms with van der Waals surface area (Å²) in [5.74, 6) is 2.03. The lowest BCUT2D eigenvalue weighted by molar-refractivity contribution is -0.130. The van der Waals surface area contributed by atoms with Crippen molar-refractivity contribution in [3.05, 3.63) is 47.8 Å².